The molecule has 5 nitrogen and oxygen atoms in total. The predicted octanol–water partition coefficient (Wildman–Crippen LogP) is 1.49. The van der Waals surface area contributed by atoms with Gasteiger partial charge in [-0.3, -0.25) is 4.90 Å². The Bertz CT molecular complexity index is 428. The van der Waals surface area contributed by atoms with Crippen molar-refractivity contribution in [2.24, 2.45) is 0 Å². The molecule has 0 aromatic heterocycles. The highest BCUT2D eigenvalue weighted by Gasteiger charge is 2.39. The number of nitrogens with zero attached hydrogens (tertiary/aromatic N) is 1. The number of sulfone groups is 1. The van der Waals surface area contributed by atoms with Crippen LogP contribution in [0, 0.1) is 0 Å². The van der Waals surface area contributed by atoms with Gasteiger partial charge < -0.3 is 9.53 Å². The Morgan fingerprint density at radius 2 is 1.71 bits per heavy atom. The van der Waals surface area contributed by atoms with Crippen molar-refractivity contribution in [3.63, 3.8) is 0 Å². The van der Waals surface area contributed by atoms with Crippen molar-refractivity contribution in [1.82, 2.24) is 4.90 Å². The van der Waals surface area contributed by atoms with Crippen LogP contribution >= 0.6 is 0 Å². The van der Waals surface area contributed by atoms with Crippen LogP contribution in [0.25, 0.3) is 0 Å². The average molecular weight is 338 g/mol. The molecule has 1 fully saturated rings. The van der Waals surface area contributed by atoms with Gasteiger partial charge in [-0.1, -0.05) is 20.8 Å². The molecule has 7 heteroatoms. The largest absolute Gasteiger partial charge is 0.415 e. The number of aliphatic hydroxyl groups is 1. The highest BCUT2D eigenvalue weighted by Crippen LogP contribution is 2.36. The van der Waals surface area contributed by atoms with E-state index in [4.69, 9.17) is 4.43 Å². The Kier molecular flexibility index (Phi) is 6.06. The summed E-state index contributed by atoms with van der Waals surface area (Å²) in [7, 11) is -4.76. The Balaban J connectivity index is 2.68. The van der Waals surface area contributed by atoms with Gasteiger partial charge in [0, 0.05) is 13.1 Å². The van der Waals surface area contributed by atoms with Gasteiger partial charge in [0.2, 0.25) is 0 Å². The van der Waals surface area contributed by atoms with Gasteiger partial charge in [0.05, 0.1) is 30.3 Å². The van der Waals surface area contributed by atoms with E-state index in [1.54, 1.807) is 6.92 Å². The molecule has 1 rings (SSSR count). The maximum Gasteiger partial charge on any atom is 0.192 e. The molecule has 0 bridgehead atoms. The second kappa shape index (κ2) is 6.66. The summed E-state index contributed by atoms with van der Waals surface area (Å²) in [5.41, 5.74) is 0. The molecule has 126 valence electrons. The van der Waals surface area contributed by atoms with E-state index in [1.165, 1.54) is 0 Å². The number of rotatable bonds is 5. The van der Waals surface area contributed by atoms with Crippen LogP contribution in [0.2, 0.25) is 18.1 Å². The summed E-state index contributed by atoms with van der Waals surface area (Å²) in [6, 6.07) is -0.130. The van der Waals surface area contributed by atoms with Gasteiger partial charge in [-0.2, -0.15) is 0 Å². The van der Waals surface area contributed by atoms with Crippen molar-refractivity contribution >= 4 is 18.2 Å². The molecule has 1 saturated heterocycles. The molecule has 1 heterocycles. The second-order valence-corrected chi connectivity index (χ2v) is 14.7. The zero-order chi connectivity index (χ0) is 16.5. The maximum atomic E-state index is 11.5. The van der Waals surface area contributed by atoms with Crippen LogP contribution < -0.4 is 0 Å². The van der Waals surface area contributed by atoms with Crippen LogP contribution in [0.15, 0.2) is 0 Å². The molecule has 0 saturated carbocycles. The normalized spacial score (nSPS) is 23.8. The summed E-state index contributed by atoms with van der Waals surface area (Å²) in [6.07, 6.45) is -0.532. The van der Waals surface area contributed by atoms with Gasteiger partial charge in [0.25, 0.3) is 0 Å². The first-order valence-corrected chi connectivity index (χ1v) is 12.4. The molecule has 2 unspecified atom stereocenters. The van der Waals surface area contributed by atoms with Gasteiger partial charge in [-0.15, -0.1) is 0 Å². The van der Waals surface area contributed by atoms with Crippen LogP contribution in [0.3, 0.4) is 0 Å². The SMILES string of the molecule is CC(O)C(CO[Si](C)(C)C(C)(C)C)N1CCS(=O)(=O)CC1. The molecule has 1 aliphatic heterocycles. The lowest BCUT2D eigenvalue weighted by atomic mass is 10.1. The van der Waals surface area contributed by atoms with E-state index >= 15 is 0 Å². The third-order valence-corrected chi connectivity index (χ3v) is 10.9. The monoisotopic (exact) mass is 337 g/mol. The molecule has 0 radical (unpaired) electrons. The minimum Gasteiger partial charge on any atom is -0.415 e. The molecule has 0 spiro atoms. The van der Waals surface area contributed by atoms with E-state index in [9.17, 15) is 13.5 Å². The van der Waals surface area contributed by atoms with Crippen molar-refractivity contribution in [2.45, 2.75) is 58.0 Å². The standard InChI is InChI=1S/C14H31NO4SSi/c1-12(16)13(11-19-21(5,6)14(2,3)4)15-7-9-20(17,18)10-8-15/h12-13,16H,7-11H2,1-6H3. The van der Waals surface area contributed by atoms with Crippen molar-refractivity contribution in [2.75, 3.05) is 31.2 Å². The third-order valence-electron chi connectivity index (χ3n) is 4.83. The highest BCUT2D eigenvalue weighted by molar-refractivity contribution is 7.91. The van der Waals surface area contributed by atoms with Crippen molar-refractivity contribution in [3.8, 4) is 0 Å². The molecule has 2 atom stereocenters. The van der Waals surface area contributed by atoms with E-state index < -0.39 is 24.3 Å². The lowest BCUT2D eigenvalue weighted by molar-refractivity contribution is 0.0327. The van der Waals surface area contributed by atoms with Crippen molar-refractivity contribution in [1.29, 1.82) is 0 Å². The first-order chi connectivity index (χ1) is 9.36. The predicted molar refractivity (Wildman–Crippen MR) is 88.8 cm³/mol. The summed E-state index contributed by atoms with van der Waals surface area (Å²) in [5.74, 6) is 0.354. The number of hydrogen-bond donors (Lipinski definition) is 1. The molecule has 0 amide bonds. The molecular formula is C14H31NO4SSi. The molecule has 0 aromatic carbocycles. The van der Waals surface area contributed by atoms with Crippen LogP contribution in [0.4, 0.5) is 0 Å². The fraction of sp³-hybridized carbons (Fsp3) is 1.00. The van der Waals surface area contributed by atoms with Gasteiger partial charge in [0.1, 0.15) is 0 Å². The number of aliphatic hydroxyl groups excluding tert-OH is 1. The van der Waals surface area contributed by atoms with Gasteiger partial charge in [0.15, 0.2) is 18.2 Å². The Hall–Kier alpha value is 0.0469. The summed E-state index contributed by atoms with van der Waals surface area (Å²) < 4.78 is 29.3. The Labute approximate surface area is 130 Å². The number of hydrogen-bond acceptors (Lipinski definition) is 5. The average Bonchev–Trinajstić information content (AvgIpc) is 2.29. The quantitative estimate of drug-likeness (QED) is 0.770. The summed E-state index contributed by atoms with van der Waals surface area (Å²) >= 11 is 0. The Morgan fingerprint density at radius 3 is 2.10 bits per heavy atom. The van der Waals surface area contributed by atoms with E-state index in [0.29, 0.717) is 19.7 Å². The molecule has 0 aromatic rings. The maximum absolute atomic E-state index is 11.5. The van der Waals surface area contributed by atoms with Crippen LogP contribution in [-0.2, 0) is 14.3 Å². The second-order valence-electron chi connectivity index (χ2n) is 7.57. The van der Waals surface area contributed by atoms with Crippen molar-refractivity contribution < 1.29 is 18.0 Å². The van der Waals surface area contributed by atoms with Crippen LogP contribution in [0.5, 0.6) is 0 Å². The third kappa shape index (κ3) is 5.32. The summed E-state index contributed by atoms with van der Waals surface area (Å²) in [6.45, 7) is 14.1. The van der Waals surface area contributed by atoms with E-state index in [2.05, 4.69) is 38.8 Å². The smallest absolute Gasteiger partial charge is 0.192 e. The first-order valence-electron chi connectivity index (χ1n) is 7.62. The summed E-state index contributed by atoms with van der Waals surface area (Å²) in [5, 5.41) is 10.2. The first kappa shape index (κ1) is 19.1. The minimum atomic E-state index is -2.90. The van der Waals surface area contributed by atoms with Crippen LogP contribution in [0.1, 0.15) is 27.7 Å². The van der Waals surface area contributed by atoms with Crippen LogP contribution in [-0.4, -0.2) is 70.1 Å². The van der Waals surface area contributed by atoms with Gasteiger partial charge in [-0.05, 0) is 25.1 Å². The zero-order valence-corrected chi connectivity index (χ0v) is 16.0. The van der Waals surface area contributed by atoms with Gasteiger partial charge in [-0.25, -0.2) is 8.42 Å². The Morgan fingerprint density at radius 1 is 1.24 bits per heavy atom. The minimum absolute atomic E-state index is 0.126. The fourth-order valence-corrected chi connectivity index (χ4v) is 4.37. The molecular weight excluding hydrogens is 306 g/mol. The lowest BCUT2D eigenvalue weighted by Crippen LogP contribution is -2.54. The molecule has 1 N–H and O–H groups in total. The summed E-state index contributed by atoms with van der Waals surface area (Å²) in [4.78, 5) is 2.05. The molecule has 21 heavy (non-hydrogen) atoms. The lowest BCUT2D eigenvalue weighted by Gasteiger charge is -2.41. The molecule has 1 aliphatic rings. The van der Waals surface area contributed by atoms with E-state index in [0.717, 1.165) is 0 Å². The van der Waals surface area contributed by atoms with E-state index in [-0.39, 0.29) is 22.6 Å². The van der Waals surface area contributed by atoms with Crippen molar-refractivity contribution in [3.05, 3.63) is 0 Å². The molecule has 0 aliphatic carbocycles. The van der Waals surface area contributed by atoms with Gasteiger partial charge >= 0.3 is 0 Å². The van der Waals surface area contributed by atoms with E-state index in [1.807, 2.05) is 0 Å². The fourth-order valence-electron chi connectivity index (χ4n) is 2.12. The topological polar surface area (TPSA) is 66.8 Å². The highest BCUT2D eigenvalue weighted by atomic mass is 32.2. The zero-order valence-electron chi connectivity index (χ0n) is 14.2.